The van der Waals surface area contributed by atoms with Crippen LogP contribution < -0.4 is 15.8 Å². The van der Waals surface area contributed by atoms with Crippen molar-refractivity contribution in [2.75, 3.05) is 36.6 Å². The molecule has 4 N–H and O–H groups in total. The van der Waals surface area contributed by atoms with Gasteiger partial charge in [-0.1, -0.05) is 0 Å². The second kappa shape index (κ2) is 7.98. The van der Waals surface area contributed by atoms with Gasteiger partial charge in [0.15, 0.2) is 5.82 Å². The molecule has 1 aromatic heterocycles. The van der Waals surface area contributed by atoms with Crippen LogP contribution in [0.15, 0.2) is 6.07 Å². The van der Waals surface area contributed by atoms with Crippen molar-refractivity contribution in [3.63, 3.8) is 0 Å². The van der Waals surface area contributed by atoms with Gasteiger partial charge >= 0.3 is 0 Å². The van der Waals surface area contributed by atoms with Crippen LogP contribution >= 0.6 is 0 Å². The minimum atomic E-state index is -3.42. The van der Waals surface area contributed by atoms with E-state index in [2.05, 4.69) is 20.6 Å². The molecule has 0 fully saturated rings. The van der Waals surface area contributed by atoms with E-state index < -0.39 is 10.0 Å². The quantitative estimate of drug-likeness (QED) is 0.555. The first kappa shape index (κ1) is 16.6. The number of primary sulfonamides is 1. The zero-order valence-corrected chi connectivity index (χ0v) is 12.5. The Bertz CT molecular complexity index is 497. The fourth-order valence-corrected chi connectivity index (χ4v) is 2.09. The van der Waals surface area contributed by atoms with Gasteiger partial charge in [-0.05, 0) is 13.3 Å². The number of sulfonamides is 1. The van der Waals surface area contributed by atoms with Crippen LogP contribution in [-0.2, 0) is 21.4 Å². The third kappa shape index (κ3) is 6.64. The van der Waals surface area contributed by atoms with Gasteiger partial charge < -0.3 is 15.4 Å². The van der Waals surface area contributed by atoms with E-state index in [0.717, 1.165) is 6.54 Å². The molecule has 0 atom stereocenters. The van der Waals surface area contributed by atoms with E-state index in [-0.39, 0.29) is 5.75 Å². The van der Waals surface area contributed by atoms with Crippen molar-refractivity contribution in [2.45, 2.75) is 20.0 Å². The van der Waals surface area contributed by atoms with Crippen molar-refractivity contribution in [3.8, 4) is 0 Å². The molecule has 0 aliphatic heterocycles. The number of hydrogen-bond donors (Lipinski definition) is 3. The SMILES string of the molecule is CCNc1cc(NCCCS(N)(=O)=O)nc(COC)n1. The van der Waals surface area contributed by atoms with Crippen LogP contribution in [0.25, 0.3) is 0 Å². The van der Waals surface area contributed by atoms with Gasteiger partial charge in [0.25, 0.3) is 0 Å². The molecule has 0 aromatic carbocycles. The summed E-state index contributed by atoms with van der Waals surface area (Å²) < 4.78 is 26.6. The summed E-state index contributed by atoms with van der Waals surface area (Å²) >= 11 is 0. The maximum Gasteiger partial charge on any atom is 0.209 e. The monoisotopic (exact) mass is 303 g/mol. The van der Waals surface area contributed by atoms with E-state index in [0.29, 0.717) is 37.0 Å². The van der Waals surface area contributed by atoms with Crippen molar-refractivity contribution in [3.05, 3.63) is 11.9 Å². The Kier molecular flexibility index (Phi) is 6.62. The van der Waals surface area contributed by atoms with E-state index in [1.165, 1.54) is 0 Å². The lowest BCUT2D eigenvalue weighted by Crippen LogP contribution is -2.19. The summed E-state index contributed by atoms with van der Waals surface area (Å²) in [5, 5.41) is 11.1. The summed E-state index contributed by atoms with van der Waals surface area (Å²) in [5.41, 5.74) is 0. The Morgan fingerprint density at radius 1 is 1.30 bits per heavy atom. The first-order valence-electron chi connectivity index (χ1n) is 6.29. The minimum Gasteiger partial charge on any atom is -0.377 e. The summed E-state index contributed by atoms with van der Waals surface area (Å²) in [6.07, 6.45) is 0.416. The Balaban J connectivity index is 2.63. The number of ether oxygens (including phenoxy) is 1. The number of hydrogen-bond acceptors (Lipinski definition) is 7. The predicted molar refractivity (Wildman–Crippen MR) is 78.0 cm³/mol. The Hall–Kier alpha value is -1.45. The van der Waals surface area contributed by atoms with Crippen LogP contribution in [-0.4, -0.2) is 44.3 Å². The summed E-state index contributed by atoms with van der Waals surface area (Å²) in [7, 11) is -1.85. The molecule has 1 rings (SSSR count). The molecule has 0 spiro atoms. The molecule has 0 saturated heterocycles. The van der Waals surface area contributed by atoms with Crippen molar-refractivity contribution < 1.29 is 13.2 Å². The van der Waals surface area contributed by atoms with Gasteiger partial charge in [-0.15, -0.1) is 0 Å². The third-order valence-electron chi connectivity index (χ3n) is 2.32. The molecule has 0 amide bonds. The Morgan fingerprint density at radius 3 is 2.50 bits per heavy atom. The third-order valence-corrected chi connectivity index (χ3v) is 3.17. The van der Waals surface area contributed by atoms with E-state index in [4.69, 9.17) is 9.88 Å². The summed E-state index contributed by atoms with van der Waals surface area (Å²) in [4.78, 5) is 8.55. The van der Waals surface area contributed by atoms with Crippen LogP contribution in [0, 0.1) is 0 Å². The summed E-state index contributed by atoms with van der Waals surface area (Å²) in [5.74, 6) is 1.82. The number of aromatic nitrogens is 2. The number of nitrogens with two attached hydrogens (primary N) is 1. The number of nitrogens with zero attached hydrogens (tertiary/aromatic N) is 2. The van der Waals surface area contributed by atoms with E-state index in [9.17, 15) is 8.42 Å². The number of methoxy groups -OCH3 is 1. The number of nitrogens with one attached hydrogen (secondary N) is 2. The van der Waals surface area contributed by atoms with Gasteiger partial charge in [0.2, 0.25) is 10.0 Å². The number of rotatable bonds is 9. The standard InChI is InChI=1S/C11H21N5O3S/c1-3-13-9-7-10(16-11(15-9)8-19-2)14-5-4-6-20(12,17)18/h7H,3-6,8H2,1-2H3,(H2,12,17,18)(H2,13,14,15,16). The molecule has 0 unspecified atom stereocenters. The smallest absolute Gasteiger partial charge is 0.209 e. The van der Waals surface area contributed by atoms with Crippen LogP contribution in [0.1, 0.15) is 19.2 Å². The van der Waals surface area contributed by atoms with Crippen molar-refractivity contribution in [1.29, 1.82) is 0 Å². The molecule has 1 aromatic rings. The largest absolute Gasteiger partial charge is 0.377 e. The zero-order valence-electron chi connectivity index (χ0n) is 11.7. The maximum atomic E-state index is 10.8. The highest BCUT2D eigenvalue weighted by Crippen LogP contribution is 2.12. The second-order valence-corrected chi connectivity index (χ2v) is 5.90. The molecular formula is C11H21N5O3S. The molecule has 0 radical (unpaired) electrons. The zero-order chi connectivity index (χ0) is 15.0. The van der Waals surface area contributed by atoms with Crippen molar-refractivity contribution >= 4 is 21.7 Å². The van der Waals surface area contributed by atoms with Gasteiger partial charge in [-0.2, -0.15) is 0 Å². The van der Waals surface area contributed by atoms with Crippen LogP contribution in [0.3, 0.4) is 0 Å². The second-order valence-electron chi connectivity index (χ2n) is 4.17. The molecule has 0 aliphatic carbocycles. The Labute approximate surface area is 119 Å². The van der Waals surface area contributed by atoms with Crippen molar-refractivity contribution in [1.82, 2.24) is 9.97 Å². The highest BCUT2D eigenvalue weighted by atomic mass is 32.2. The van der Waals surface area contributed by atoms with Gasteiger partial charge in [0, 0.05) is 26.3 Å². The minimum absolute atomic E-state index is 0.0594. The first-order chi connectivity index (χ1) is 9.44. The van der Waals surface area contributed by atoms with E-state index in [1.54, 1.807) is 13.2 Å². The lowest BCUT2D eigenvalue weighted by molar-refractivity contribution is 0.178. The van der Waals surface area contributed by atoms with Crippen LogP contribution in [0.4, 0.5) is 11.6 Å². The van der Waals surface area contributed by atoms with Gasteiger partial charge in [0.1, 0.15) is 18.2 Å². The van der Waals surface area contributed by atoms with Crippen LogP contribution in [0.2, 0.25) is 0 Å². The lowest BCUT2D eigenvalue weighted by atomic mass is 10.4. The molecule has 0 saturated carbocycles. The van der Waals surface area contributed by atoms with E-state index >= 15 is 0 Å². The topological polar surface area (TPSA) is 119 Å². The fourth-order valence-electron chi connectivity index (χ4n) is 1.54. The molecule has 0 bridgehead atoms. The maximum absolute atomic E-state index is 10.8. The highest BCUT2D eigenvalue weighted by Gasteiger charge is 2.05. The molecule has 20 heavy (non-hydrogen) atoms. The molecule has 114 valence electrons. The lowest BCUT2D eigenvalue weighted by Gasteiger charge is -2.10. The van der Waals surface area contributed by atoms with Gasteiger partial charge in [-0.25, -0.2) is 23.5 Å². The normalized spacial score (nSPS) is 11.3. The average molecular weight is 303 g/mol. The number of anilines is 2. The fraction of sp³-hybridized carbons (Fsp3) is 0.636. The first-order valence-corrected chi connectivity index (χ1v) is 8.01. The molecule has 9 heteroatoms. The summed E-state index contributed by atoms with van der Waals surface area (Å²) in [6.45, 7) is 3.49. The predicted octanol–water partition coefficient (Wildman–Crippen LogP) is 0.145. The van der Waals surface area contributed by atoms with Gasteiger partial charge in [0.05, 0.1) is 5.75 Å². The highest BCUT2D eigenvalue weighted by molar-refractivity contribution is 7.89. The van der Waals surface area contributed by atoms with E-state index in [1.807, 2.05) is 6.92 Å². The summed E-state index contributed by atoms with van der Waals surface area (Å²) in [6, 6.07) is 1.76. The molecule has 1 heterocycles. The van der Waals surface area contributed by atoms with Gasteiger partial charge in [-0.3, -0.25) is 0 Å². The van der Waals surface area contributed by atoms with Crippen LogP contribution in [0.5, 0.6) is 0 Å². The average Bonchev–Trinajstić information content (AvgIpc) is 2.34. The molecular weight excluding hydrogens is 282 g/mol. The molecule has 8 nitrogen and oxygen atoms in total. The Morgan fingerprint density at radius 2 is 1.95 bits per heavy atom. The molecule has 0 aliphatic rings. The van der Waals surface area contributed by atoms with Crippen molar-refractivity contribution in [2.24, 2.45) is 5.14 Å².